The Balaban J connectivity index is 0.000000232. The highest BCUT2D eigenvalue weighted by atomic mass is 19.4. The van der Waals surface area contributed by atoms with Gasteiger partial charge in [0, 0.05) is 48.7 Å². The van der Waals surface area contributed by atoms with E-state index >= 15 is 0 Å². The van der Waals surface area contributed by atoms with Gasteiger partial charge in [0.1, 0.15) is 0 Å². The standard InChI is InChI=1S/C27H32F3N3O3.C26H29F3N4O2/c1-26(2,3)21-11-13-22(14-12-21)33(25(36)32-15-5-4-6-16-32)18-19-7-9-20(10-8-19)23(34)17-31-24(35)27(28,29)30;1-25(2,3)20-11-13-21(14-12-20)33(24(34)32-15-5-4-6-16-32)17-18-7-9-19(10-8-18)22-30-31-23(35-22)26(27,28)29/h7-14H,4-6,15-18H2,1-3H3,(H,31,35);7-14H,4-6,15-17H2,1-3H3. The number of piperidine rings is 2. The number of nitrogens with zero attached hydrogens (tertiary/aromatic N) is 6. The normalized spacial score (nSPS) is 14.5. The van der Waals surface area contributed by atoms with Gasteiger partial charge >= 0.3 is 36.2 Å². The Bertz CT molecular complexity index is 2570. The van der Waals surface area contributed by atoms with E-state index in [1.807, 2.05) is 58.3 Å². The number of halogens is 6. The molecule has 0 spiro atoms. The Morgan fingerprint density at radius 1 is 0.563 bits per heavy atom. The van der Waals surface area contributed by atoms with E-state index in [9.17, 15) is 45.5 Å². The van der Waals surface area contributed by atoms with Crippen LogP contribution in [0.15, 0.2) is 101 Å². The molecule has 0 saturated carbocycles. The second-order valence-corrected chi connectivity index (χ2v) is 19.8. The Kier molecular flexibility index (Phi) is 17.0. The van der Waals surface area contributed by atoms with Gasteiger partial charge in [-0.3, -0.25) is 19.4 Å². The minimum Gasteiger partial charge on any atom is -0.413 e. The number of amides is 5. The minimum absolute atomic E-state index is 0.00318. The lowest BCUT2D eigenvalue weighted by Gasteiger charge is -2.33. The summed E-state index contributed by atoms with van der Waals surface area (Å²) in [6.07, 6.45) is -3.61. The van der Waals surface area contributed by atoms with Crippen LogP contribution < -0.4 is 15.1 Å². The number of anilines is 2. The molecule has 0 aliphatic carbocycles. The maximum atomic E-state index is 13.5. The molecule has 18 heteroatoms. The predicted octanol–water partition coefficient (Wildman–Crippen LogP) is 12.1. The summed E-state index contributed by atoms with van der Waals surface area (Å²) in [6.45, 7) is 15.5. The van der Waals surface area contributed by atoms with Gasteiger partial charge in [-0.25, -0.2) is 9.59 Å². The van der Waals surface area contributed by atoms with Gasteiger partial charge in [0.05, 0.1) is 19.6 Å². The molecule has 2 saturated heterocycles. The van der Waals surface area contributed by atoms with Crippen molar-refractivity contribution < 1.29 is 49.9 Å². The summed E-state index contributed by atoms with van der Waals surface area (Å²) in [5.74, 6) is -4.38. The van der Waals surface area contributed by atoms with Crippen molar-refractivity contribution in [2.75, 3.05) is 42.5 Å². The number of aromatic nitrogens is 2. The van der Waals surface area contributed by atoms with Gasteiger partial charge in [-0.15, -0.1) is 10.2 Å². The summed E-state index contributed by atoms with van der Waals surface area (Å²) < 4.78 is 80.1. The van der Waals surface area contributed by atoms with Crippen molar-refractivity contribution in [1.82, 2.24) is 25.3 Å². The monoisotopic (exact) mass is 989 g/mol. The maximum Gasteiger partial charge on any atom is 0.471 e. The van der Waals surface area contributed by atoms with Crippen LogP contribution in [0.1, 0.15) is 119 Å². The number of Topliss-reactive ketones (excluding diaryl/α,β-unsaturated/α-hetero) is 1. The first-order valence-corrected chi connectivity index (χ1v) is 23.7. The molecule has 0 atom stereocenters. The van der Waals surface area contributed by atoms with Crippen molar-refractivity contribution in [1.29, 1.82) is 0 Å². The fraction of sp³-hybridized carbons (Fsp3) is 0.434. The third-order valence-electron chi connectivity index (χ3n) is 12.3. The van der Waals surface area contributed by atoms with Crippen molar-refractivity contribution in [3.05, 3.63) is 131 Å². The fourth-order valence-corrected chi connectivity index (χ4v) is 8.06. The molecule has 2 aliphatic heterocycles. The number of carbonyl (C=O) groups excluding carboxylic acids is 4. The van der Waals surface area contributed by atoms with Crippen LogP contribution in [0.3, 0.4) is 0 Å². The Morgan fingerprint density at radius 2 is 0.972 bits per heavy atom. The second-order valence-electron chi connectivity index (χ2n) is 19.8. The lowest BCUT2D eigenvalue weighted by Crippen LogP contribution is -2.45. The van der Waals surface area contributed by atoms with Crippen LogP contribution in [0.25, 0.3) is 11.5 Å². The average molecular weight is 990 g/mol. The molecular weight excluding hydrogens is 929 g/mol. The largest absolute Gasteiger partial charge is 0.471 e. The number of ketones is 1. The molecule has 7 rings (SSSR count). The van der Waals surface area contributed by atoms with E-state index in [0.717, 1.165) is 79.7 Å². The highest BCUT2D eigenvalue weighted by Gasteiger charge is 2.39. The van der Waals surface area contributed by atoms with E-state index in [2.05, 4.69) is 51.7 Å². The lowest BCUT2D eigenvalue weighted by atomic mass is 9.87. The van der Waals surface area contributed by atoms with Crippen molar-refractivity contribution in [2.45, 2.75) is 116 Å². The van der Waals surface area contributed by atoms with Gasteiger partial charge in [0.2, 0.25) is 5.89 Å². The number of hydrogen-bond acceptors (Lipinski definition) is 7. The first-order valence-electron chi connectivity index (χ1n) is 23.7. The molecule has 0 unspecified atom stereocenters. The quantitative estimate of drug-likeness (QED) is 0.109. The third kappa shape index (κ3) is 14.7. The van der Waals surface area contributed by atoms with E-state index in [0.29, 0.717) is 25.2 Å². The molecule has 3 heterocycles. The van der Waals surface area contributed by atoms with E-state index in [-0.39, 0.29) is 40.9 Å². The molecule has 12 nitrogen and oxygen atoms in total. The van der Waals surface area contributed by atoms with Crippen LogP contribution in [0.5, 0.6) is 0 Å². The van der Waals surface area contributed by atoms with Crippen LogP contribution in [-0.4, -0.2) is 82.6 Å². The molecule has 0 bridgehead atoms. The Labute approximate surface area is 410 Å². The summed E-state index contributed by atoms with van der Waals surface area (Å²) >= 11 is 0. The second kappa shape index (κ2) is 22.6. The van der Waals surface area contributed by atoms with Crippen LogP contribution in [0.4, 0.5) is 47.3 Å². The number of benzene rings is 4. The van der Waals surface area contributed by atoms with Gasteiger partial charge in [-0.05, 0) is 108 Å². The number of carbonyl (C=O) groups is 4. The highest BCUT2D eigenvalue weighted by molar-refractivity contribution is 6.00. The summed E-state index contributed by atoms with van der Waals surface area (Å²) in [5, 5.41) is 8.16. The van der Waals surface area contributed by atoms with Gasteiger partial charge in [0.15, 0.2) is 5.78 Å². The van der Waals surface area contributed by atoms with Gasteiger partial charge < -0.3 is 19.5 Å². The molecule has 380 valence electrons. The Morgan fingerprint density at radius 3 is 1.34 bits per heavy atom. The molecule has 71 heavy (non-hydrogen) atoms. The Hall–Kier alpha value is -6.72. The highest BCUT2D eigenvalue weighted by Crippen LogP contribution is 2.32. The summed E-state index contributed by atoms with van der Waals surface area (Å²) in [5.41, 5.74) is 5.98. The van der Waals surface area contributed by atoms with Crippen molar-refractivity contribution in [3.63, 3.8) is 0 Å². The number of hydrogen-bond donors (Lipinski definition) is 1. The van der Waals surface area contributed by atoms with Crippen molar-refractivity contribution in [3.8, 4) is 11.5 Å². The van der Waals surface area contributed by atoms with Gasteiger partial charge in [-0.1, -0.05) is 102 Å². The number of rotatable bonds is 10. The van der Waals surface area contributed by atoms with Crippen LogP contribution >= 0.6 is 0 Å². The zero-order valence-electron chi connectivity index (χ0n) is 40.9. The first-order chi connectivity index (χ1) is 33.4. The van der Waals surface area contributed by atoms with E-state index in [1.165, 1.54) is 17.7 Å². The lowest BCUT2D eigenvalue weighted by molar-refractivity contribution is -0.173. The minimum atomic E-state index is -5.04. The van der Waals surface area contributed by atoms with Crippen molar-refractivity contribution >= 4 is 35.1 Å². The summed E-state index contributed by atoms with van der Waals surface area (Å²) in [7, 11) is 0. The molecular formula is C53H61F6N7O5. The van der Waals surface area contributed by atoms with Crippen molar-refractivity contribution in [2.24, 2.45) is 0 Å². The topological polar surface area (TPSA) is 132 Å². The summed E-state index contributed by atoms with van der Waals surface area (Å²) in [6, 6.07) is 28.8. The third-order valence-corrected chi connectivity index (χ3v) is 12.3. The van der Waals surface area contributed by atoms with Crippen LogP contribution in [0, 0.1) is 0 Å². The number of nitrogens with one attached hydrogen (secondary N) is 1. The van der Waals surface area contributed by atoms with E-state index in [4.69, 9.17) is 4.42 Å². The first kappa shape index (κ1) is 53.6. The van der Waals surface area contributed by atoms with Gasteiger partial charge in [-0.2, -0.15) is 26.3 Å². The molecule has 5 amide bonds. The average Bonchev–Trinajstić information content (AvgIpc) is 3.86. The van der Waals surface area contributed by atoms with E-state index < -0.39 is 36.5 Å². The zero-order valence-corrected chi connectivity index (χ0v) is 40.9. The van der Waals surface area contributed by atoms with Gasteiger partial charge in [0.25, 0.3) is 0 Å². The van der Waals surface area contributed by atoms with Crippen LogP contribution in [-0.2, 0) is 34.9 Å². The molecule has 4 aromatic carbocycles. The van der Waals surface area contributed by atoms with E-state index in [1.54, 1.807) is 51.5 Å². The molecule has 2 aliphatic rings. The maximum absolute atomic E-state index is 13.5. The SMILES string of the molecule is CC(C)(C)c1ccc(N(Cc2ccc(-c3nnc(C(F)(F)F)o3)cc2)C(=O)N2CCCCC2)cc1.CC(C)(C)c1ccc(N(Cc2ccc(C(=O)CNC(=O)C(F)(F)F)cc2)C(=O)N2CCCCC2)cc1. The smallest absolute Gasteiger partial charge is 0.413 e. The fourth-order valence-electron chi connectivity index (χ4n) is 8.06. The molecule has 1 N–H and O–H groups in total. The molecule has 5 aromatic rings. The van der Waals surface area contributed by atoms with Crippen LogP contribution in [0.2, 0.25) is 0 Å². The predicted molar refractivity (Wildman–Crippen MR) is 259 cm³/mol. The number of alkyl halides is 6. The molecule has 2 fully saturated rings. The summed E-state index contributed by atoms with van der Waals surface area (Å²) in [4.78, 5) is 57.3. The number of urea groups is 2. The molecule has 0 radical (unpaired) electrons. The zero-order chi connectivity index (χ0) is 51.7. The number of likely N-dealkylation sites (tertiary alicyclic amines) is 2. The molecule has 1 aromatic heterocycles.